The van der Waals surface area contributed by atoms with E-state index in [-0.39, 0.29) is 35.6 Å². The summed E-state index contributed by atoms with van der Waals surface area (Å²) >= 11 is 16.5. The monoisotopic (exact) mass is 1020 g/mol. The lowest BCUT2D eigenvalue weighted by Gasteiger charge is -2.34. The van der Waals surface area contributed by atoms with E-state index in [4.69, 9.17) is 68.0 Å². The Hall–Kier alpha value is -5.01. The number of hydrogen-bond acceptors (Lipinski definition) is 16. The zero-order valence-corrected chi connectivity index (χ0v) is 42.7. The lowest BCUT2D eigenvalue weighted by atomic mass is 9.98. The van der Waals surface area contributed by atoms with Crippen molar-refractivity contribution < 1.29 is 38.3 Å². The van der Waals surface area contributed by atoms with Gasteiger partial charge >= 0.3 is 0 Å². The quantitative estimate of drug-likeness (QED) is 0.0942. The Balaban J connectivity index is 0.000000141. The molecule has 7 heterocycles. The van der Waals surface area contributed by atoms with Crippen molar-refractivity contribution in [2.75, 3.05) is 27.4 Å². The number of halogens is 3. The normalized spacial score (nSPS) is 25.5. The van der Waals surface area contributed by atoms with E-state index in [1.165, 1.54) is 0 Å². The van der Waals surface area contributed by atoms with Crippen LogP contribution in [0, 0.1) is 59.3 Å². The Morgan fingerprint density at radius 1 is 0.543 bits per heavy atom. The molecule has 0 spiro atoms. The Morgan fingerprint density at radius 3 is 1.49 bits per heavy atom. The van der Waals surface area contributed by atoms with E-state index >= 15 is 0 Å². The van der Waals surface area contributed by atoms with Gasteiger partial charge in [0.1, 0.15) is 35.4 Å². The summed E-state index contributed by atoms with van der Waals surface area (Å²) in [5.41, 5.74) is 8.53. The lowest BCUT2D eigenvalue weighted by Crippen LogP contribution is -2.39. The van der Waals surface area contributed by atoms with Crippen molar-refractivity contribution in [1.82, 2.24) is 39.9 Å². The van der Waals surface area contributed by atoms with E-state index in [1.807, 2.05) is 101 Å². The number of aryl methyl sites for hydroxylation is 6. The van der Waals surface area contributed by atoms with Gasteiger partial charge in [0.2, 0.25) is 10.6 Å². The maximum absolute atomic E-state index is 10.8. The molecule has 2 unspecified atom stereocenters. The van der Waals surface area contributed by atoms with E-state index in [9.17, 15) is 5.11 Å². The largest absolute Gasteiger partial charge is 0.497 e. The van der Waals surface area contributed by atoms with Crippen molar-refractivity contribution in [2.24, 2.45) is 17.8 Å². The highest BCUT2D eigenvalue weighted by Crippen LogP contribution is 2.48. The smallest absolute Gasteiger partial charge is 0.223 e. The van der Waals surface area contributed by atoms with Gasteiger partial charge in [-0.15, -0.1) is 0 Å². The van der Waals surface area contributed by atoms with Gasteiger partial charge in [-0.25, -0.2) is 39.9 Å². The lowest BCUT2D eigenvalue weighted by molar-refractivity contribution is -0.249. The van der Waals surface area contributed by atoms with Crippen LogP contribution in [0.5, 0.6) is 11.5 Å². The van der Waals surface area contributed by atoms with Crippen molar-refractivity contribution in [3.05, 3.63) is 152 Å². The fourth-order valence-electron chi connectivity index (χ4n) is 8.77. The van der Waals surface area contributed by atoms with Gasteiger partial charge in [-0.1, -0.05) is 35.9 Å². The third-order valence-corrected chi connectivity index (χ3v) is 12.7. The molecule has 2 aliphatic carbocycles. The van der Waals surface area contributed by atoms with Crippen LogP contribution in [0.4, 0.5) is 0 Å². The first kappa shape index (κ1) is 52.8. The molecule has 3 aliphatic heterocycles. The van der Waals surface area contributed by atoms with E-state index < -0.39 is 12.4 Å². The second-order valence-electron chi connectivity index (χ2n) is 17.6. The third-order valence-electron chi connectivity index (χ3n) is 12.1. The molecule has 4 aromatic heterocycles. The molecule has 2 saturated carbocycles. The summed E-state index contributed by atoms with van der Waals surface area (Å²) in [7, 11) is 3.30. The van der Waals surface area contributed by atoms with Gasteiger partial charge in [0.25, 0.3) is 0 Å². The Kier molecular flexibility index (Phi) is 18.8. The Morgan fingerprint density at radius 2 is 1.01 bits per heavy atom. The number of benzene rings is 2. The summed E-state index contributed by atoms with van der Waals surface area (Å²) in [6.45, 7) is 12.8. The number of epoxide rings is 1. The molecule has 16 nitrogen and oxygen atoms in total. The standard InChI is InChI=1S/C20H24N2O4.C14H16O4.C6H7ClN2.C6H8N2.C5H4Cl2N2/c1-12-7-16(22-11-21-12)9-14-8-15-10-25-20(26-19(15)18(14)23)13-3-5-17(24-2)6-4-13;1-15-10-4-2-8(3-5-10)14-16-7-9-6-11-13(17-11)12(9)18-14;1-4-3-5(2)9-6(7)8-4;1-5-3-6(2)8-4-7-5;1-3-2-4(6)9-5(7)8-3/h3-7,11,14-15,18-20,23H,8-10H2,1-2H3;2-5,9,11-14H,6-7H2,1H3;3H,1-2H3;3-4H,1-2H3;2H,1H3/t14-,15-,18-,19+,20?;9-,11-,12+,13-,14?;;;/m00.../s1. The van der Waals surface area contributed by atoms with Gasteiger partial charge < -0.3 is 38.3 Å². The molecule has 5 fully saturated rings. The second kappa shape index (κ2) is 24.9. The minimum absolute atomic E-state index is 0.123. The molecular formula is C51H59Cl3N8O8. The van der Waals surface area contributed by atoms with Crippen LogP contribution in [0.2, 0.25) is 15.7 Å². The molecular weight excluding hydrogens is 959 g/mol. The Labute approximate surface area is 423 Å². The zero-order valence-electron chi connectivity index (χ0n) is 40.4. The number of rotatable bonds is 6. The summed E-state index contributed by atoms with van der Waals surface area (Å²) in [5, 5.41) is 11.7. The first-order valence-corrected chi connectivity index (χ1v) is 24.1. The Bertz CT molecular complexity index is 2450. The maximum Gasteiger partial charge on any atom is 0.223 e. The molecule has 0 amide bonds. The van der Waals surface area contributed by atoms with Crippen molar-refractivity contribution in [2.45, 2.75) is 104 Å². The maximum atomic E-state index is 10.8. The average molecular weight is 1020 g/mol. The summed E-state index contributed by atoms with van der Waals surface area (Å²) in [6, 6.07) is 22.9. The molecule has 0 bridgehead atoms. The number of hydrogen-bond donors (Lipinski definition) is 1. The molecule has 70 heavy (non-hydrogen) atoms. The number of nitrogens with zero attached hydrogens (tertiary/aromatic N) is 8. The molecule has 5 aliphatic rings. The molecule has 2 aromatic carbocycles. The highest BCUT2D eigenvalue weighted by molar-refractivity contribution is 6.31. The van der Waals surface area contributed by atoms with Crippen LogP contribution in [0.15, 0.2) is 85.5 Å². The molecule has 372 valence electrons. The van der Waals surface area contributed by atoms with Gasteiger partial charge in [0.05, 0.1) is 51.8 Å². The van der Waals surface area contributed by atoms with Crippen LogP contribution in [0.25, 0.3) is 0 Å². The van der Waals surface area contributed by atoms with Crippen LogP contribution >= 0.6 is 34.8 Å². The number of aliphatic hydroxyl groups is 1. The average Bonchev–Trinajstić information content (AvgIpc) is 3.91. The molecule has 11 rings (SSSR count). The van der Waals surface area contributed by atoms with Crippen molar-refractivity contribution in [3.63, 3.8) is 0 Å². The summed E-state index contributed by atoms with van der Waals surface area (Å²) in [6.07, 6.45) is 5.39. The van der Waals surface area contributed by atoms with Crippen molar-refractivity contribution in [1.29, 1.82) is 0 Å². The van der Waals surface area contributed by atoms with Gasteiger partial charge in [-0.2, -0.15) is 0 Å². The zero-order chi connectivity index (χ0) is 49.9. The van der Waals surface area contributed by atoms with E-state index in [0.717, 1.165) is 88.4 Å². The topological polar surface area (TPSA) is 191 Å². The first-order valence-electron chi connectivity index (χ1n) is 23.0. The number of ether oxygens (including phenoxy) is 7. The fourth-order valence-corrected chi connectivity index (χ4v) is 9.54. The van der Waals surface area contributed by atoms with E-state index in [1.54, 1.807) is 39.9 Å². The molecule has 19 heteroatoms. The van der Waals surface area contributed by atoms with Crippen LogP contribution in [-0.2, 0) is 30.1 Å². The fraction of sp³-hybridized carbons (Fsp3) is 0.451. The summed E-state index contributed by atoms with van der Waals surface area (Å²) in [4.78, 5) is 31.6. The van der Waals surface area contributed by atoms with Crippen molar-refractivity contribution >= 4 is 34.8 Å². The molecule has 6 aromatic rings. The summed E-state index contributed by atoms with van der Waals surface area (Å²) in [5.74, 6) is 2.50. The predicted molar refractivity (Wildman–Crippen MR) is 263 cm³/mol. The second-order valence-corrected chi connectivity index (χ2v) is 18.7. The van der Waals surface area contributed by atoms with Gasteiger partial charge in [-0.3, -0.25) is 0 Å². The van der Waals surface area contributed by atoms with Crippen molar-refractivity contribution in [3.8, 4) is 11.5 Å². The molecule has 1 N–H and O–H groups in total. The van der Waals surface area contributed by atoms with Crippen LogP contribution in [0.3, 0.4) is 0 Å². The van der Waals surface area contributed by atoms with E-state index in [0.29, 0.717) is 35.2 Å². The molecule has 0 radical (unpaired) electrons. The minimum atomic E-state index is -0.514. The third kappa shape index (κ3) is 15.0. The number of fused-ring (bicyclic) bond motifs is 4. The highest BCUT2D eigenvalue weighted by Gasteiger charge is 2.58. The molecule has 10 atom stereocenters. The van der Waals surface area contributed by atoms with Gasteiger partial charge in [-0.05, 0) is 138 Å². The van der Waals surface area contributed by atoms with Gasteiger partial charge in [0, 0.05) is 62.8 Å². The van der Waals surface area contributed by atoms with Crippen LogP contribution < -0.4 is 9.47 Å². The van der Waals surface area contributed by atoms with Crippen LogP contribution in [-0.4, -0.2) is 103 Å². The number of aliphatic hydroxyl groups excluding tert-OH is 1. The number of methoxy groups -OCH3 is 2. The first-order chi connectivity index (χ1) is 33.6. The van der Waals surface area contributed by atoms with Gasteiger partial charge in [0.15, 0.2) is 12.6 Å². The highest BCUT2D eigenvalue weighted by atomic mass is 35.5. The molecule has 3 saturated heterocycles. The van der Waals surface area contributed by atoms with E-state index in [2.05, 4.69) is 39.9 Å². The predicted octanol–water partition coefficient (Wildman–Crippen LogP) is 9.28. The summed E-state index contributed by atoms with van der Waals surface area (Å²) < 4.78 is 39.8. The SMILES string of the molecule is COc1ccc(C2OC[C@@H]3C[C@@H](Cc4cc(C)ncn4)[C@H](O)[C@@H]3O2)cc1.COc1ccc(C2OC[C@@H]3C[C@@H]4O[C@@H]4[C@@H]3O2)cc1.Cc1cc(C)nc(Cl)n1.Cc1cc(C)ncn1.Cc1cc(Cl)nc(Cl)n1. The minimum Gasteiger partial charge on any atom is -0.497 e. The van der Waals surface area contributed by atoms with Crippen LogP contribution in [0.1, 0.15) is 76.4 Å². The number of aromatic nitrogens is 8.